The van der Waals surface area contributed by atoms with Gasteiger partial charge in [0.1, 0.15) is 0 Å². The highest BCUT2D eigenvalue weighted by molar-refractivity contribution is 7.22. The van der Waals surface area contributed by atoms with Crippen LogP contribution in [0, 0.1) is 17.0 Å². The number of thiazole rings is 1. The minimum atomic E-state index is -0.547. The van der Waals surface area contributed by atoms with Crippen molar-refractivity contribution in [3.8, 4) is 0 Å². The Morgan fingerprint density at radius 1 is 1.25 bits per heavy atom. The Hall–Kier alpha value is -2.30. The lowest BCUT2D eigenvalue weighted by molar-refractivity contribution is -0.384. The predicted octanol–water partition coefficient (Wildman–Crippen LogP) is 4.80. The third-order valence-corrected chi connectivity index (χ3v) is 7.13. The zero-order valence-electron chi connectivity index (χ0n) is 17.2. The van der Waals surface area contributed by atoms with E-state index < -0.39 is 10.8 Å². The maximum atomic E-state index is 13.6. The van der Waals surface area contributed by atoms with Gasteiger partial charge in [0.25, 0.3) is 11.6 Å². The van der Waals surface area contributed by atoms with Gasteiger partial charge >= 0.3 is 0 Å². The molecule has 0 radical (unpaired) electrons. The van der Waals surface area contributed by atoms with E-state index in [1.807, 2.05) is 13.0 Å². The van der Waals surface area contributed by atoms with Gasteiger partial charge in [-0.25, -0.2) is 4.98 Å². The Labute approximate surface area is 198 Å². The van der Waals surface area contributed by atoms with Crippen LogP contribution in [-0.4, -0.2) is 60.1 Å². The summed E-state index contributed by atoms with van der Waals surface area (Å²) in [5, 5.41) is 12.5. The zero-order valence-corrected chi connectivity index (χ0v) is 19.5. The number of nitro benzene ring substituents is 1. The van der Waals surface area contributed by atoms with E-state index in [-0.39, 0.29) is 16.3 Å². The van der Waals surface area contributed by atoms with Crippen LogP contribution in [0.25, 0.3) is 10.2 Å². The quantitative estimate of drug-likeness (QED) is 0.361. The Morgan fingerprint density at radius 2 is 1.97 bits per heavy atom. The topological polar surface area (TPSA) is 88.8 Å². The van der Waals surface area contributed by atoms with Gasteiger partial charge in [-0.15, -0.1) is 0 Å². The van der Waals surface area contributed by atoms with E-state index >= 15 is 0 Å². The van der Waals surface area contributed by atoms with Gasteiger partial charge < -0.3 is 4.74 Å². The molecule has 0 bridgehead atoms. The summed E-state index contributed by atoms with van der Waals surface area (Å²) in [5.74, 6) is -0.435. The van der Waals surface area contributed by atoms with Crippen LogP contribution in [0.1, 0.15) is 15.9 Å². The molecule has 8 nitrogen and oxygen atoms in total. The lowest BCUT2D eigenvalue weighted by atomic mass is 10.1. The summed E-state index contributed by atoms with van der Waals surface area (Å²) in [5.41, 5.74) is 1.43. The average Bonchev–Trinajstić information content (AvgIpc) is 3.22. The SMILES string of the molecule is Cc1c(Cl)ccc2sc(N(CCN3CCOCC3)C(=O)c3cc([N+](=O)[O-])ccc3Cl)nc12. The van der Waals surface area contributed by atoms with Crippen LogP contribution in [0.15, 0.2) is 30.3 Å². The number of carbonyl (C=O) groups is 1. The van der Waals surface area contributed by atoms with Gasteiger partial charge in [0.2, 0.25) is 0 Å². The molecule has 1 aromatic heterocycles. The van der Waals surface area contributed by atoms with E-state index in [0.717, 1.165) is 28.9 Å². The molecule has 4 rings (SSSR count). The standard InChI is InChI=1S/C21H20Cl2N4O4S/c1-13-16(22)4-5-18-19(13)24-21(32-18)26(7-6-25-8-10-31-11-9-25)20(28)15-12-14(27(29)30)2-3-17(15)23/h2-5,12H,6-11H2,1H3. The van der Waals surface area contributed by atoms with E-state index in [9.17, 15) is 14.9 Å². The Bertz CT molecular complexity index is 1180. The maximum Gasteiger partial charge on any atom is 0.270 e. The highest BCUT2D eigenvalue weighted by atomic mass is 35.5. The second-order valence-electron chi connectivity index (χ2n) is 7.35. The number of fused-ring (bicyclic) bond motifs is 1. The summed E-state index contributed by atoms with van der Waals surface area (Å²) < 4.78 is 6.30. The van der Waals surface area contributed by atoms with E-state index in [2.05, 4.69) is 9.88 Å². The summed E-state index contributed by atoms with van der Waals surface area (Å²) in [4.78, 5) is 32.7. The first kappa shape index (κ1) is 22.9. The molecule has 1 saturated heterocycles. The fourth-order valence-electron chi connectivity index (χ4n) is 3.49. The number of aromatic nitrogens is 1. The number of anilines is 1. The number of aryl methyl sites for hydroxylation is 1. The number of nitrogens with zero attached hydrogens (tertiary/aromatic N) is 4. The summed E-state index contributed by atoms with van der Waals surface area (Å²) in [6.07, 6.45) is 0. The second-order valence-corrected chi connectivity index (χ2v) is 9.17. The van der Waals surface area contributed by atoms with Crippen LogP contribution in [0.5, 0.6) is 0 Å². The molecule has 0 saturated carbocycles. The van der Waals surface area contributed by atoms with Crippen molar-refractivity contribution in [2.75, 3.05) is 44.3 Å². The smallest absolute Gasteiger partial charge is 0.270 e. The van der Waals surface area contributed by atoms with Gasteiger partial charge in [-0.05, 0) is 30.7 Å². The summed E-state index contributed by atoms with van der Waals surface area (Å²) in [6, 6.07) is 7.53. The second kappa shape index (κ2) is 9.68. The van der Waals surface area contributed by atoms with Gasteiger partial charge in [-0.3, -0.25) is 24.7 Å². The molecule has 32 heavy (non-hydrogen) atoms. The van der Waals surface area contributed by atoms with Crippen molar-refractivity contribution in [2.45, 2.75) is 6.92 Å². The Balaban J connectivity index is 1.72. The lowest BCUT2D eigenvalue weighted by Crippen LogP contribution is -2.43. The van der Waals surface area contributed by atoms with E-state index in [1.165, 1.54) is 29.5 Å². The van der Waals surface area contributed by atoms with E-state index in [1.54, 1.807) is 11.0 Å². The average molecular weight is 495 g/mol. The number of ether oxygens (including phenoxy) is 1. The first-order valence-corrected chi connectivity index (χ1v) is 11.5. The molecule has 3 aromatic rings. The maximum absolute atomic E-state index is 13.6. The summed E-state index contributed by atoms with van der Waals surface area (Å²) in [7, 11) is 0. The van der Waals surface area contributed by atoms with Gasteiger partial charge in [0, 0.05) is 43.3 Å². The van der Waals surface area contributed by atoms with Crippen molar-refractivity contribution >= 4 is 61.5 Å². The molecular weight excluding hydrogens is 475 g/mol. The number of rotatable bonds is 6. The largest absolute Gasteiger partial charge is 0.379 e. The lowest BCUT2D eigenvalue weighted by Gasteiger charge is -2.29. The predicted molar refractivity (Wildman–Crippen MR) is 126 cm³/mol. The number of hydrogen-bond acceptors (Lipinski definition) is 7. The van der Waals surface area contributed by atoms with Crippen molar-refractivity contribution < 1.29 is 14.5 Å². The fraction of sp³-hybridized carbons (Fsp3) is 0.333. The number of carbonyl (C=O) groups excluding carboxylic acids is 1. The zero-order chi connectivity index (χ0) is 22.8. The number of halogens is 2. The summed E-state index contributed by atoms with van der Waals surface area (Å²) in [6.45, 7) is 5.67. The van der Waals surface area contributed by atoms with Crippen molar-refractivity contribution in [3.63, 3.8) is 0 Å². The first-order chi connectivity index (χ1) is 15.3. The highest BCUT2D eigenvalue weighted by Gasteiger charge is 2.26. The molecular formula is C21H20Cl2N4O4S. The monoisotopic (exact) mass is 494 g/mol. The van der Waals surface area contributed by atoms with Crippen molar-refractivity contribution in [1.82, 2.24) is 9.88 Å². The van der Waals surface area contributed by atoms with Crippen molar-refractivity contribution in [3.05, 3.63) is 61.6 Å². The third kappa shape index (κ3) is 4.72. The number of amides is 1. The van der Waals surface area contributed by atoms with E-state index in [0.29, 0.717) is 36.5 Å². The molecule has 0 unspecified atom stereocenters. The number of nitro groups is 1. The first-order valence-electron chi connectivity index (χ1n) is 9.96. The van der Waals surface area contributed by atoms with E-state index in [4.69, 9.17) is 27.9 Å². The molecule has 0 N–H and O–H groups in total. The van der Waals surface area contributed by atoms with Gasteiger partial charge in [-0.1, -0.05) is 34.5 Å². The minimum Gasteiger partial charge on any atom is -0.379 e. The van der Waals surface area contributed by atoms with Crippen LogP contribution >= 0.6 is 34.5 Å². The van der Waals surface area contributed by atoms with Crippen LogP contribution in [-0.2, 0) is 4.74 Å². The fourth-order valence-corrected chi connectivity index (χ4v) is 4.89. The molecule has 2 aromatic carbocycles. The number of morpholine rings is 1. The molecule has 168 valence electrons. The minimum absolute atomic E-state index is 0.0665. The summed E-state index contributed by atoms with van der Waals surface area (Å²) >= 11 is 13.9. The van der Waals surface area contributed by atoms with Gasteiger partial charge in [-0.2, -0.15) is 0 Å². The number of hydrogen-bond donors (Lipinski definition) is 0. The van der Waals surface area contributed by atoms with Crippen LogP contribution in [0.2, 0.25) is 10.0 Å². The van der Waals surface area contributed by atoms with Gasteiger partial charge in [0.05, 0.1) is 38.9 Å². The molecule has 0 spiro atoms. The molecule has 0 aliphatic carbocycles. The Kier molecular flexibility index (Phi) is 6.92. The van der Waals surface area contributed by atoms with Crippen molar-refractivity contribution in [1.29, 1.82) is 0 Å². The number of benzene rings is 2. The number of non-ortho nitro benzene ring substituents is 1. The molecule has 2 heterocycles. The highest BCUT2D eigenvalue weighted by Crippen LogP contribution is 2.35. The third-order valence-electron chi connectivity index (χ3n) is 5.35. The molecule has 0 atom stereocenters. The van der Waals surface area contributed by atoms with Crippen LogP contribution in [0.4, 0.5) is 10.8 Å². The molecule has 1 amide bonds. The molecule has 1 aliphatic rings. The molecule has 11 heteroatoms. The van der Waals surface area contributed by atoms with Crippen molar-refractivity contribution in [2.24, 2.45) is 0 Å². The van der Waals surface area contributed by atoms with Crippen LogP contribution in [0.3, 0.4) is 0 Å². The van der Waals surface area contributed by atoms with Crippen LogP contribution < -0.4 is 4.90 Å². The van der Waals surface area contributed by atoms with Gasteiger partial charge in [0.15, 0.2) is 5.13 Å². The Morgan fingerprint density at radius 3 is 2.69 bits per heavy atom. The molecule has 1 aliphatic heterocycles. The molecule has 1 fully saturated rings. The normalized spacial score (nSPS) is 14.6.